The topological polar surface area (TPSA) is 51.3 Å². The van der Waals surface area contributed by atoms with Crippen molar-refractivity contribution in [1.82, 2.24) is 15.1 Å². The van der Waals surface area contributed by atoms with Gasteiger partial charge in [-0.2, -0.15) is 0 Å². The summed E-state index contributed by atoms with van der Waals surface area (Å²) in [7, 11) is 1.78. The fourth-order valence-electron chi connectivity index (χ4n) is 4.62. The smallest absolute Gasteiger partial charge is 0.317 e. The summed E-state index contributed by atoms with van der Waals surface area (Å²) in [6, 6.07) is 13.3. The maximum absolute atomic E-state index is 14.8. The van der Waals surface area contributed by atoms with Gasteiger partial charge < -0.3 is 29.7 Å². The van der Waals surface area contributed by atoms with Crippen molar-refractivity contribution in [3.8, 4) is 0 Å². The van der Waals surface area contributed by atoms with Gasteiger partial charge in [-0.3, -0.25) is 0 Å². The van der Waals surface area contributed by atoms with Crippen molar-refractivity contribution in [3.63, 3.8) is 0 Å². The van der Waals surface area contributed by atoms with Crippen LogP contribution in [0.25, 0.3) is 0 Å². The number of nitrogens with zero attached hydrogens (tertiary/aromatic N) is 4. The molecular weight excluding hydrogens is 433 g/mol. The lowest BCUT2D eigenvalue weighted by molar-refractivity contribution is 0.122. The first-order valence-corrected chi connectivity index (χ1v) is 12.2. The quantitative estimate of drug-likeness (QED) is 0.675. The molecule has 2 heterocycles. The normalized spacial score (nSPS) is 17.0. The molecule has 2 aromatic rings. The monoisotopic (exact) mass is 469 g/mol. The fourth-order valence-corrected chi connectivity index (χ4v) is 4.62. The second-order valence-corrected chi connectivity index (χ2v) is 8.95. The van der Waals surface area contributed by atoms with Crippen molar-refractivity contribution in [2.45, 2.75) is 20.0 Å². The molecule has 8 heteroatoms. The zero-order chi connectivity index (χ0) is 23.9. The minimum Gasteiger partial charge on any atom is -0.378 e. The van der Waals surface area contributed by atoms with Gasteiger partial charge in [-0.05, 0) is 35.9 Å². The first-order chi connectivity index (χ1) is 16.5. The fraction of sp³-hybridized carbons (Fsp3) is 0.500. The molecule has 0 bridgehead atoms. The number of carbonyl (C=O) groups excluding carboxylic acids is 1. The van der Waals surface area contributed by atoms with Gasteiger partial charge in [-0.15, -0.1) is 0 Å². The number of anilines is 2. The van der Waals surface area contributed by atoms with Crippen molar-refractivity contribution >= 4 is 17.4 Å². The Bertz CT molecular complexity index is 958. The van der Waals surface area contributed by atoms with E-state index >= 15 is 0 Å². The lowest BCUT2D eigenvalue weighted by atomic mass is 10.1. The van der Waals surface area contributed by atoms with Gasteiger partial charge in [0.2, 0.25) is 0 Å². The van der Waals surface area contributed by atoms with E-state index in [1.165, 1.54) is 6.07 Å². The summed E-state index contributed by atoms with van der Waals surface area (Å²) in [5.74, 6) is -0.232. The molecule has 2 saturated heterocycles. The first-order valence-electron chi connectivity index (χ1n) is 12.2. The number of rotatable bonds is 7. The van der Waals surface area contributed by atoms with Crippen LogP contribution in [0.2, 0.25) is 0 Å². The van der Waals surface area contributed by atoms with Gasteiger partial charge in [-0.1, -0.05) is 31.2 Å². The molecule has 0 unspecified atom stereocenters. The molecule has 0 spiro atoms. The number of para-hydroxylation sites is 1. The molecular formula is C26H36FN5O2. The average molecular weight is 470 g/mol. The highest BCUT2D eigenvalue weighted by Gasteiger charge is 2.20. The summed E-state index contributed by atoms with van der Waals surface area (Å²) in [5, 5.41) is 2.92. The Labute approximate surface area is 202 Å². The van der Waals surface area contributed by atoms with Gasteiger partial charge in [0.05, 0.1) is 18.9 Å². The van der Waals surface area contributed by atoms with E-state index in [1.54, 1.807) is 11.9 Å². The van der Waals surface area contributed by atoms with Crippen LogP contribution in [0.15, 0.2) is 42.5 Å². The predicted molar refractivity (Wildman–Crippen MR) is 134 cm³/mol. The van der Waals surface area contributed by atoms with Gasteiger partial charge in [0, 0.05) is 65.1 Å². The van der Waals surface area contributed by atoms with Crippen molar-refractivity contribution in [3.05, 3.63) is 59.4 Å². The number of nitrogens with one attached hydrogen (secondary N) is 1. The summed E-state index contributed by atoms with van der Waals surface area (Å²) >= 11 is 0. The number of hydrogen-bond donors (Lipinski definition) is 1. The Kier molecular flexibility index (Phi) is 8.24. The third-order valence-corrected chi connectivity index (χ3v) is 6.71. The van der Waals surface area contributed by atoms with E-state index in [4.69, 9.17) is 4.74 Å². The number of urea groups is 1. The van der Waals surface area contributed by atoms with Crippen LogP contribution in [0.3, 0.4) is 0 Å². The Morgan fingerprint density at radius 3 is 2.41 bits per heavy atom. The van der Waals surface area contributed by atoms with Gasteiger partial charge >= 0.3 is 6.03 Å². The molecule has 34 heavy (non-hydrogen) atoms. The molecule has 0 aromatic heterocycles. The SMILES string of the molecule is CCN1CCN(c2ccc(CNC(=O)N(C)Cc3ccccc3N3CCOCC3)cc2F)CC1. The van der Waals surface area contributed by atoms with Crippen LogP contribution in [-0.2, 0) is 17.8 Å². The predicted octanol–water partition coefficient (Wildman–Crippen LogP) is 3.15. The largest absolute Gasteiger partial charge is 0.378 e. The molecule has 2 aliphatic heterocycles. The van der Waals surface area contributed by atoms with E-state index in [9.17, 15) is 9.18 Å². The number of hydrogen-bond acceptors (Lipinski definition) is 5. The van der Waals surface area contributed by atoms with E-state index in [2.05, 4.69) is 39.1 Å². The van der Waals surface area contributed by atoms with Crippen LogP contribution >= 0.6 is 0 Å². The zero-order valence-electron chi connectivity index (χ0n) is 20.3. The molecule has 0 atom stereocenters. The lowest BCUT2D eigenvalue weighted by Gasteiger charge is -2.35. The second-order valence-electron chi connectivity index (χ2n) is 8.95. The molecule has 0 aliphatic carbocycles. The van der Waals surface area contributed by atoms with Crippen molar-refractivity contribution in [2.24, 2.45) is 0 Å². The number of benzene rings is 2. The number of carbonyl (C=O) groups is 1. The number of morpholine rings is 1. The van der Waals surface area contributed by atoms with E-state index in [-0.39, 0.29) is 18.4 Å². The molecule has 2 fully saturated rings. The maximum Gasteiger partial charge on any atom is 0.317 e. The van der Waals surface area contributed by atoms with Gasteiger partial charge in [0.25, 0.3) is 0 Å². The summed E-state index contributed by atoms with van der Waals surface area (Å²) in [5.41, 5.74) is 3.63. The Balaban J connectivity index is 1.31. The van der Waals surface area contributed by atoms with Crippen LogP contribution < -0.4 is 15.1 Å². The maximum atomic E-state index is 14.8. The van der Waals surface area contributed by atoms with Crippen LogP contribution in [0, 0.1) is 5.82 Å². The number of likely N-dealkylation sites (N-methyl/N-ethyl adjacent to an activating group) is 1. The molecule has 7 nitrogen and oxygen atoms in total. The molecule has 4 rings (SSSR count). The van der Waals surface area contributed by atoms with Gasteiger partial charge in [0.15, 0.2) is 0 Å². The molecule has 1 N–H and O–H groups in total. The summed E-state index contributed by atoms with van der Waals surface area (Å²) < 4.78 is 20.3. The van der Waals surface area contributed by atoms with Crippen LogP contribution in [-0.4, -0.2) is 81.9 Å². The van der Waals surface area contributed by atoms with Crippen LogP contribution in [0.5, 0.6) is 0 Å². The minimum absolute atomic E-state index is 0.183. The molecule has 0 radical (unpaired) electrons. The first kappa shape index (κ1) is 24.3. The second kappa shape index (κ2) is 11.5. The Morgan fingerprint density at radius 2 is 1.71 bits per heavy atom. The van der Waals surface area contributed by atoms with Crippen molar-refractivity contribution in [1.29, 1.82) is 0 Å². The summed E-state index contributed by atoms with van der Waals surface area (Å²) in [6.45, 7) is 10.7. The van der Waals surface area contributed by atoms with Crippen molar-refractivity contribution < 1.29 is 13.9 Å². The Morgan fingerprint density at radius 1 is 1.00 bits per heavy atom. The molecule has 2 amide bonds. The van der Waals surface area contributed by atoms with E-state index < -0.39 is 0 Å². The number of halogens is 1. The average Bonchev–Trinajstić information content (AvgIpc) is 2.88. The van der Waals surface area contributed by atoms with E-state index in [0.29, 0.717) is 12.2 Å². The minimum atomic E-state index is -0.232. The summed E-state index contributed by atoms with van der Waals surface area (Å²) in [4.78, 5) is 21.2. The highest BCUT2D eigenvalue weighted by Crippen LogP contribution is 2.24. The molecule has 2 aromatic carbocycles. The van der Waals surface area contributed by atoms with Gasteiger partial charge in [-0.25, -0.2) is 9.18 Å². The number of piperazine rings is 1. The van der Waals surface area contributed by atoms with Crippen molar-refractivity contribution in [2.75, 3.05) is 75.9 Å². The molecule has 0 saturated carbocycles. The third kappa shape index (κ3) is 5.98. The van der Waals surface area contributed by atoms with Crippen LogP contribution in [0.4, 0.5) is 20.6 Å². The number of amides is 2. The lowest BCUT2D eigenvalue weighted by Crippen LogP contribution is -2.46. The Hall–Kier alpha value is -2.84. The standard InChI is InChI=1S/C26H36FN5O2/c1-3-30-10-12-31(13-11-30)25-9-8-21(18-23(25)27)19-28-26(33)29(2)20-22-6-4-5-7-24(22)32-14-16-34-17-15-32/h4-9,18H,3,10-17,19-20H2,1-2H3,(H,28,33). The highest BCUT2D eigenvalue weighted by molar-refractivity contribution is 5.74. The third-order valence-electron chi connectivity index (χ3n) is 6.71. The zero-order valence-corrected chi connectivity index (χ0v) is 20.3. The summed E-state index contributed by atoms with van der Waals surface area (Å²) in [6.07, 6.45) is 0. The van der Waals surface area contributed by atoms with E-state index in [1.807, 2.05) is 24.3 Å². The van der Waals surface area contributed by atoms with Crippen LogP contribution in [0.1, 0.15) is 18.1 Å². The highest BCUT2D eigenvalue weighted by atomic mass is 19.1. The molecule has 2 aliphatic rings. The van der Waals surface area contributed by atoms with Gasteiger partial charge in [0.1, 0.15) is 5.82 Å². The molecule has 184 valence electrons. The number of ether oxygens (including phenoxy) is 1. The van der Waals surface area contributed by atoms with E-state index in [0.717, 1.165) is 75.8 Å².